The van der Waals surface area contributed by atoms with Crippen molar-refractivity contribution < 1.29 is 4.39 Å². The van der Waals surface area contributed by atoms with Crippen molar-refractivity contribution in [2.45, 2.75) is 6.92 Å². The number of nitrogens with zero attached hydrogens (tertiary/aromatic N) is 2. The number of hydrogen-bond acceptors (Lipinski definition) is 2. The van der Waals surface area contributed by atoms with Gasteiger partial charge in [0.2, 0.25) is 0 Å². The Morgan fingerprint density at radius 2 is 2.21 bits per heavy atom. The molecule has 0 aliphatic rings. The van der Waals surface area contributed by atoms with Gasteiger partial charge in [0.15, 0.2) is 0 Å². The monoisotopic (exact) mass is 191 g/mol. The maximum Gasteiger partial charge on any atom is 0.148 e. The molecule has 0 bridgehead atoms. The summed E-state index contributed by atoms with van der Waals surface area (Å²) in [4.78, 5) is 0. The van der Waals surface area contributed by atoms with E-state index in [1.54, 1.807) is 16.9 Å². The first-order valence-electron chi connectivity index (χ1n) is 4.23. The van der Waals surface area contributed by atoms with Crippen molar-refractivity contribution in [3.8, 4) is 5.69 Å². The van der Waals surface area contributed by atoms with Crippen LogP contribution in [0.15, 0.2) is 30.6 Å². The maximum atomic E-state index is 13.1. The second-order valence-electron chi connectivity index (χ2n) is 3.17. The summed E-state index contributed by atoms with van der Waals surface area (Å²) >= 11 is 0. The molecule has 0 fully saturated rings. The summed E-state index contributed by atoms with van der Waals surface area (Å²) in [6.07, 6.45) is 3.54. The van der Waals surface area contributed by atoms with Gasteiger partial charge in [-0.05, 0) is 24.6 Å². The maximum absolute atomic E-state index is 13.1. The van der Waals surface area contributed by atoms with E-state index in [-0.39, 0.29) is 5.69 Å². The molecular weight excluding hydrogens is 181 g/mol. The summed E-state index contributed by atoms with van der Waals surface area (Å²) < 4.78 is 14.7. The Balaban J connectivity index is 2.47. The van der Waals surface area contributed by atoms with Gasteiger partial charge in [-0.25, -0.2) is 9.07 Å². The Hall–Kier alpha value is -1.84. The predicted molar refractivity (Wildman–Crippen MR) is 52.7 cm³/mol. The summed E-state index contributed by atoms with van der Waals surface area (Å²) in [6, 6.07) is 4.62. The van der Waals surface area contributed by atoms with Crippen molar-refractivity contribution in [2.75, 3.05) is 5.73 Å². The fourth-order valence-electron chi connectivity index (χ4n) is 1.21. The van der Waals surface area contributed by atoms with Crippen molar-refractivity contribution in [1.82, 2.24) is 9.78 Å². The number of anilines is 1. The largest absolute Gasteiger partial charge is 0.396 e. The molecule has 1 heterocycles. The summed E-state index contributed by atoms with van der Waals surface area (Å²) in [5, 5.41) is 4.07. The van der Waals surface area contributed by atoms with E-state index >= 15 is 0 Å². The van der Waals surface area contributed by atoms with Gasteiger partial charge in [0, 0.05) is 12.3 Å². The van der Waals surface area contributed by atoms with E-state index in [0.717, 1.165) is 5.56 Å². The topological polar surface area (TPSA) is 43.8 Å². The average Bonchev–Trinajstić information content (AvgIpc) is 2.57. The van der Waals surface area contributed by atoms with Crippen molar-refractivity contribution >= 4 is 5.69 Å². The van der Waals surface area contributed by atoms with E-state index in [1.165, 1.54) is 12.1 Å². The first kappa shape index (κ1) is 8.74. The summed E-state index contributed by atoms with van der Waals surface area (Å²) in [6.45, 7) is 1.93. The first-order valence-corrected chi connectivity index (χ1v) is 4.23. The van der Waals surface area contributed by atoms with Gasteiger partial charge >= 0.3 is 0 Å². The Bertz CT molecular complexity index is 462. The van der Waals surface area contributed by atoms with Crippen molar-refractivity contribution in [3.05, 3.63) is 42.0 Å². The molecule has 0 aliphatic carbocycles. The molecule has 0 saturated carbocycles. The van der Waals surface area contributed by atoms with Crippen LogP contribution < -0.4 is 5.73 Å². The Morgan fingerprint density at radius 1 is 1.43 bits per heavy atom. The zero-order valence-electron chi connectivity index (χ0n) is 7.74. The number of nitrogens with two attached hydrogens (primary N) is 1. The molecule has 0 radical (unpaired) electrons. The molecule has 1 aromatic heterocycles. The second kappa shape index (κ2) is 3.14. The molecule has 0 unspecified atom stereocenters. The van der Waals surface area contributed by atoms with Crippen LogP contribution in [-0.2, 0) is 0 Å². The molecule has 2 N–H and O–H groups in total. The van der Waals surface area contributed by atoms with Crippen LogP contribution in [0.2, 0.25) is 0 Å². The minimum atomic E-state index is -0.421. The lowest BCUT2D eigenvalue weighted by Crippen LogP contribution is -1.97. The Morgan fingerprint density at radius 3 is 2.79 bits per heavy atom. The molecule has 72 valence electrons. The summed E-state index contributed by atoms with van der Waals surface area (Å²) in [5.74, 6) is -0.421. The standard InChI is InChI=1S/C10H10FN3/c1-7-5-13-14(6-7)8-2-3-10(12)9(11)4-8/h2-6H,12H2,1H3. The molecule has 0 saturated heterocycles. The van der Waals surface area contributed by atoms with E-state index < -0.39 is 5.82 Å². The van der Waals surface area contributed by atoms with Gasteiger partial charge in [0.25, 0.3) is 0 Å². The number of benzene rings is 1. The lowest BCUT2D eigenvalue weighted by atomic mass is 10.3. The predicted octanol–water partition coefficient (Wildman–Crippen LogP) is 1.90. The smallest absolute Gasteiger partial charge is 0.148 e. The summed E-state index contributed by atoms with van der Waals surface area (Å²) in [5.41, 5.74) is 7.22. The summed E-state index contributed by atoms with van der Waals surface area (Å²) in [7, 11) is 0. The third-order valence-corrected chi connectivity index (χ3v) is 1.96. The van der Waals surface area contributed by atoms with Gasteiger partial charge < -0.3 is 5.73 Å². The number of nitrogen functional groups attached to an aromatic ring is 1. The fourth-order valence-corrected chi connectivity index (χ4v) is 1.21. The zero-order chi connectivity index (χ0) is 10.1. The van der Waals surface area contributed by atoms with Crippen LogP contribution in [0.25, 0.3) is 5.69 Å². The third-order valence-electron chi connectivity index (χ3n) is 1.96. The highest BCUT2D eigenvalue weighted by atomic mass is 19.1. The number of aromatic nitrogens is 2. The molecule has 0 spiro atoms. The van der Waals surface area contributed by atoms with Gasteiger partial charge in [-0.1, -0.05) is 0 Å². The molecule has 0 atom stereocenters. The molecule has 1 aromatic carbocycles. The van der Waals surface area contributed by atoms with E-state index in [4.69, 9.17) is 5.73 Å². The van der Waals surface area contributed by atoms with Crippen LogP contribution in [0.4, 0.5) is 10.1 Å². The highest BCUT2D eigenvalue weighted by molar-refractivity contribution is 5.46. The van der Waals surface area contributed by atoms with Gasteiger partial charge in [0.05, 0.1) is 17.6 Å². The van der Waals surface area contributed by atoms with Gasteiger partial charge in [-0.2, -0.15) is 5.10 Å². The number of rotatable bonds is 1. The molecule has 14 heavy (non-hydrogen) atoms. The molecule has 0 amide bonds. The number of aryl methyl sites for hydroxylation is 1. The van der Waals surface area contributed by atoms with Crippen LogP contribution in [0.5, 0.6) is 0 Å². The molecule has 0 aliphatic heterocycles. The lowest BCUT2D eigenvalue weighted by Gasteiger charge is -2.02. The minimum Gasteiger partial charge on any atom is -0.396 e. The normalized spacial score (nSPS) is 10.4. The second-order valence-corrected chi connectivity index (χ2v) is 3.17. The fraction of sp³-hybridized carbons (Fsp3) is 0.100. The first-order chi connectivity index (χ1) is 6.66. The van der Waals surface area contributed by atoms with Crippen LogP contribution in [0.1, 0.15) is 5.56 Å². The van der Waals surface area contributed by atoms with Crippen LogP contribution in [-0.4, -0.2) is 9.78 Å². The average molecular weight is 191 g/mol. The van der Waals surface area contributed by atoms with E-state index in [0.29, 0.717) is 5.69 Å². The zero-order valence-corrected chi connectivity index (χ0v) is 7.74. The number of halogens is 1. The van der Waals surface area contributed by atoms with Crippen LogP contribution in [0, 0.1) is 12.7 Å². The van der Waals surface area contributed by atoms with Crippen LogP contribution >= 0.6 is 0 Å². The lowest BCUT2D eigenvalue weighted by molar-refractivity contribution is 0.630. The minimum absolute atomic E-state index is 0.151. The van der Waals surface area contributed by atoms with Crippen molar-refractivity contribution in [1.29, 1.82) is 0 Å². The highest BCUT2D eigenvalue weighted by Gasteiger charge is 2.02. The molecule has 4 heteroatoms. The Labute approximate surface area is 81.0 Å². The molecule has 2 aromatic rings. The van der Waals surface area contributed by atoms with E-state index in [2.05, 4.69) is 5.10 Å². The molecular formula is C10H10FN3. The van der Waals surface area contributed by atoms with E-state index in [1.807, 2.05) is 13.1 Å². The van der Waals surface area contributed by atoms with Crippen molar-refractivity contribution in [3.63, 3.8) is 0 Å². The highest BCUT2D eigenvalue weighted by Crippen LogP contribution is 2.15. The SMILES string of the molecule is Cc1cnn(-c2ccc(N)c(F)c2)c1. The third kappa shape index (κ3) is 1.46. The molecule has 3 nitrogen and oxygen atoms in total. The number of hydrogen-bond donors (Lipinski definition) is 1. The van der Waals surface area contributed by atoms with Gasteiger partial charge in [0.1, 0.15) is 5.82 Å². The molecule has 2 rings (SSSR count). The van der Waals surface area contributed by atoms with Crippen LogP contribution in [0.3, 0.4) is 0 Å². The van der Waals surface area contributed by atoms with Gasteiger partial charge in [-0.3, -0.25) is 0 Å². The quantitative estimate of drug-likeness (QED) is 0.699. The van der Waals surface area contributed by atoms with Crippen molar-refractivity contribution in [2.24, 2.45) is 0 Å². The Kier molecular flexibility index (Phi) is 1.96. The van der Waals surface area contributed by atoms with E-state index in [9.17, 15) is 4.39 Å². The van der Waals surface area contributed by atoms with Gasteiger partial charge in [-0.15, -0.1) is 0 Å².